The van der Waals surface area contributed by atoms with Gasteiger partial charge in [0.1, 0.15) is 5.75 Å². The number of aliphatic carboxylic acids is 1. The molecular formula is C11H6F6O3. The maximum absolute atomic E-state index is 12.6. The molecule has 0 saturated carbocycles. The number of hydrogen-bond acceptors (Lipinski definition) is 2. The van der Waals surface area contributed by atoms with Crippen LogP contribution in [0.5, 0.6) is 5.75 Å². The zero-order valence-corrected chi connectivity index (χ0v) is 9.38. The molecule has 0 radical (unpaired) electrons. The highest BCUT2D eigenvalue weighted by atomic mass is 19.4. The van der Waals surface area contributed by atoms with Gasteiger partial charge in [0.15, 0.2) is 0 Å². The molecule has 0 amide bonds. The van der Waals surface area contributed by atoms with E-state index in [1.165, 1.54) is 0 Å². The van der Waals surface area contributed by atoms with Crippen LogP contribution >= 0.6 is 0 Å². The second-order valence-electron chi connectivity index (χ2n) is 3.62. The molecule has 0 heterocycles. The van der Waals surface area contributed by atoms with Crippen molar-refractivity contribution >= 4 is 12.0 Å². The summed E-state index contributed by atoms with van der Waals surface area (Å²) in [6.07, 6.45) is -9.47. The smallest absolute Gasteiger partial charge is 0.419 e. The lowest BCUT2D eigenvalue weighted by atomic mass is 10.0. The number of rotatable bonds is 2. The fourth-order valence-electron chi connectivity index (χ4n) is 1.38. The van der Waals surface area contributed by atoms with Crippen LogP contribution < -0.4 is 0 Å². The zero-order chi connectivity index (χ0) is 15.7. The van der Waals surface area contributed by atoms with Gasteiger partial charge in [0.05, 0.1) is 11.1 Å². The van der Waals surface area contributed by atoms with Gasteiger partial charge in [-0.2, -0.15) is 26.3 Å². The van der Waals surface area contributed by atoms with E-state index < -0.39 is 40.8 Å². The van der Waals surface area contributed by atoms with Crippen molar-refractivity contribution in [1.82, 2.24) is 0 Å². The molecule has 9 heteroatoms. The first kappa shape index (κ1) is 15.9. The largest absolute Gasteiger partial charge is 0.507 e. The molecule has 0 atom stereocenters. The van der Waals surface area contributed by atoms with E-state index in [4.69, 9.17) is 10.2 Å². The van der Waals surface area contributed by atoms with Crippen molar-refractivity contribution in [2.24, 2.45) is 0 Å². The van der Waals surface area contributed by atoms with Crippen LogP contribution in [0.4, 0.5) is 26.3 Å². The number of aromatic hydroxyl groups is 1. The van der Waals surface area contributed by atoms with Crippen LogP contribution in [0.25, 0.3) is 6.08 Å². The Kier molecular flexibility index (Phi) is 4.02. The number of alkyl halides is 6. The Morgan fingerprint density at radius 2 is 1.50 bits per heavy atom. The second kappa shape index (κ2) is 5.06. The average molecular weight is 300 g/mol. The Morgan fingerprint density at radius 1 is 1.00 bits per heavy atom. The van der Waals surface area contributed by atoms with E-state index in [-0.39, 0.29) is 18.2 Å². The van der Waals surface area contributed by atoms with Gasteiger partial charge in [-0.05, 0) is 23.8 Å². The van der Waals surface area contributed by atoms with Crippen molar-refractivity contribution in [2.75, 3.05) is 0 Å². The fourth-order valence-corrected chi connectivity index (χ4v) is 1.38. The Morgan fingerprint density at radius 3 is 1.90 bits per heavy atom. The Hall–Kier alpha value is -2.19. The summed E-state index contributed by atoms with van der Waals surface area (Å²) in [6.45, 7) is 0. The SMILES string of the molecule is O=C(O)/C=C/c1cc(C(F)(F)F)c(O)cc1C(F)(F)F. The standard InChI is InChI=1S/C11H6F6O3/c12-10(13,14)6-4-8(18)7(11(15,16)17)3-5(6)1-2-9(19)20/h1-4,18H,(H,19,20)/b2-1+. The van der Waals surface area contributed by atoms with Crippen molar-refractivity contribution in [3.05, 3.63) is 34.9 Å². The fraction of sp³-hybridized carbons (Fsp3) is 0.182. The lowest BCUT2D eigenvalue weighted by Crippen LogP contribution is -2.11. The van der Waals surface area contributed by atoms with Gasteiger partial charge in [-0.25, -0.2) is 4.79 Å². The summed E-state index contributed by atoms with van der Waals surface area (Å²) in [7, 11) is 0. The summed E-state index contributed by atoms with van der Waals surface area (Å²) in [5.41, 5.74) is -4.26. The van der Waals surface area contributed by atoms with Crippen molar-refractivity contribution in [3.8, 4) is 5.75 Å². The molecule has 0 aliphatic rings. The molecule has 110 valence electrons. The molecule has 3 nitrogen and oxygen atoms in total. The number of carbonyl (C=O) groups is 1. The molecule has 20 heavy (non-hydrogen) atoms. The molecule has 0 spiro atoms. The summed E-state index contributed by atoms with van der Waals surface area (Å²) in [6, 6.07) is -0.0536. The highest BCUT2D eigenvalue weighted by molar-refractivity contribution is 5.85. The summed E-state index contributed by atoms with van der Waals surface area (Å²) in [5, 5.41) is 17.3. The lowest BCUT2D eigenvalue weighted by molar-refractivity contribution is -0.142. The van der Waals surface area contributed by atoms with Gasteiger partial charge < -0.3 is 10.2 Å². The summed E-state index contributed by atoms with van der Waals surface area (Å²) in [4.78, 5) is 10.2. The number of hydrogen-bond donors (Lipinski definition) is 2. The topological polar surface area (TPSA) is 57.5 Å². The van der Waals surface area contributed by atoms with Crippen LogP contribution in [0.15, 0.2) is 18.2 Å². The van der Waals surface area contributed by atoms with E-state index in [1.807, 2.05) is 0 Å². The molecule has 0 aliphatic heterocycles. The van der Waals surface area contributed by atoms with E-state index in [0.717, 1.165) is 0 Å². The highest BCUT2D eigenvalue weighted by Gasteiger charge is 2.39. The van der Waals surface area contributed by atoms with Crippen molar-refractivity contribution in [2.45, 2.75) is 12.4 Å². The number of halogens is 6. The first-order valence-electron chi connectivity index (χ1n) is 4.85. The van der Waals surface area contributed by atoms with Crippen molar-refractivity contribution < 1.29 is 41.4 Å². The Labute approximate surface area is 107 Å². The third kappa shape index (κ3) is 3.65. The first-order valence-corrected chi connectivity index (χ1v) is 4.85. The van der Waals surface area contributed by atoms with Crippen LogP contribution in [-0.4, -0.2) is 16.2 Å². The van der Waals surface area contributed by atoms with Crippen LogP contribution in [0, 0.1) is 0 Å². The number of phenols is 1. The van der Waals surface area contributed by atoms with Gasteiger partial charge in [0.25, 0.3) is 0 Å². The van der Waals surface area contributed by atoms with E-state index in [1.54, 1.807) is 0 Å². The van der Waals surface area contributed by atoms with E-state index in [2.05, 4.69) is 0 Å². The second-order valence-corrected chi connectivity index (χ2v) is 3.62. The quantitative estimate of drug-likeness (QED) is 0.649. The number of carboxylic acids is 1. The van der Waals surface area contributed by atoms with E-state index in [0.29, 0.717) is 6.08 Å². The lowest BCUT2D eigenvalue weighted by Gasteiger charge is -2.15. The van der Waals surface area contributed by atoms with Crippen molar-refractivity contribution in [1.29, 1.82) is 0 Å². The molecule has 1 aromatic rings. The van der Waals surface area contributed by atoms with Gasteiger partial charge in [0, 0.05) is 6.08 Å². The molecule has 0 unspecified atom stereocenters. The van der Waals surface area contributed by atoms with Gasteiger partial charge in [-0.3, -0.25) is 0 Å². The summed E-state index contributed by atoms with van der Waals surface area (Å²) >= 11 is 0. The predicted molar refractivity (Wildman–Crippen MR) is 54.8 cm³/mol. The zero-order valence-electron chi connectivity index (χ0n) is 9.38. The van der Waals surface area contributed by atoms with Crippen LogP contribution in [0.2, 0.25) is 0 Å². The minimum absolute atomic E-state index is 0.0393. The summed E-state index contributed by atoms with van der Waals surface area (Å²) in [5.74, 6) is -3.21. The summed E-state index contributed by atoms with van der Waals surface area (Å²) < 4.78 is 75.2. The number of carboxylic acid groups (broad SMARTS) is 1. The third-order valence-corrected chi connectivity index (χ3v) is 2.18. The molecule has 1 rings (SSSR count). The molecule has 2 N–H and O–H groups in total. The Balaban J connectivity index is 3.54. The first-order chi connectivity index (χ1) is 8.93. The molecule has 1 aromatic carbocycles. The molecule has 0 fully saturated rings. The van der Waals surface area contributed by atoms with Crippen LogP contribution in [-0.2, 0) is 17.1 Å². The maximum Gasteiger partial charge on any atom is 0.419 e. The number of phenolic OH excluding ortho intramolecular Hbond substituents is 1. The van der Waals surface area contributed by atoms with Crippen molar-refractivity contribution in [3.63, 3.8) is 0 Å². The molecule has 0 aliphatic carbocycles. The molecular weight excluding hydrogens is 294 g/mol. The third-order valence-electron chi connectivity index (χ3n) is 2.18. The highest BCUT2D eigenvalue weighted by Crippen LogP contribution is 2.41. The van der Waals surface area contributed by atoms with Gasteiger partial charge >= 0.3 is 18.3 Å². The minimum atomic E-state index is -5.07. The molecule has 0 bridgehead atoms. The predicted octanol–water partition coefficient (Wildman–Crippen LogP) is 3.53. The Bertz CT molecular complexity index is 557. The monoisotopic (exact) mass is 300 g/mol. The molecule has 0 aromatic heterocycles. The minimum Gasteiger partial charge on any atom is -0.507 e. The van der Waals surface area contributed by atoms with E-state index in [9.17, 15) is 31.1 Å². The average Bonchev–Trinajstić information content (AvgIpc) is 2.23. The van der Waals surface area contributed by atoms with Crippen LogP contribution in [0.3, 0.4) is 0 Å². The van der Waals surface area contributed by atoms with Crippen LogP contribution in [0.1, 0.15) is 16.7 Å². The van der Waals surface area contributed by atoms with Gasteiger partial charge in [-0.15, -0.1) is 0 Å². The normalized spacial score (nSPS) is 12.9. The van der Waals surface area contributed by atoms with E-state index >= 15 is 0 Å². The van der Waals surface area contributed by atoms with Gasteiger partial charge in [0.2, 0.25) is 0 Å². The van der Waals surface area contributed by atoms with Gasteiger partial charge in [-0.1, -0.05) is 0 Å². The maximum atomic E-state index is 12.6. The number of benzene rings is 1. The molecule has 0 saturated heterocycles.